The number of halogens is 2. The van der Waals surface area contributed by atoms with Crippen molar-refractivity contribution in [3.63, 3.8) is 0 Å². The van der Waals surface area contributed by atoms with Crippen molar-refractivity contribution in [2.75, 3.05) is 5.32 Å². The van der Waals surface area contributed by atoms with Crippen molar-refractivity contribution >= 4 is 57.8 Å². The zero-order valence-corrected chi connectivity index (χ0v) is 15.2. The summed E-state index contributed by atoms with van der Waals surface area (Å²) in [5.74, 6) is 0.0509. The number of allylic oxidation sites excluding steroid dienone is 1. The zero-order chi connectivity index (χ0) is 16.8. The molecule has 0 saturated heterocycles. The number of hydrogen-bond acceptors (Lipinski definition) is 5. The van der Waals surface area contributed by atoms with Gasteiger partial charge in [0.05, 0.1) is 16.5 Å². The number of carbonyl (C=O) groups excluding carboxylic acids is 1. The smallest absolute Gasteiger partial charge is 0.232 e. The molecule has 0 radical (unpaired) electrons. The number of anilines is 1. The fourth-order valence-electron chi connectivity index (χ4n) is 2.14. The molecule has 3 rings (SSSR count). The monoisotopic (exact) mass is 389 g/mol. The van der Waals surface area contributed by atoms with Crippen LogP contribution in [0.25, 0.3) is 10.7 Å². The lowest BCUT2D eigenvalue weighted by Gasteiger charge is -2.01. The Kier molecular flexibility index (Phi) is 4.35. The summed E-state index contributed by atoms with van der Waals surface area (Å²) in [5, 5.41) is 10.2. The Bertz CT molecular complexity index is 838. The lowest BCUT2D eigenvalue weighted by molar-refractivity contribution is -0.117. The Morgan fingerprint density at radius 1 is 1.70 bits per heavy atom. The van der Waals surface area contributed by atoms with E-state index in [2.05, 4.69) is 27.1 Å². The number of carbonyl (C=O) groups is 1. The number of nitrogens with one attached hydrogen (secondary N) is 2. The average Bonchev–Trinajstić information content (AvgIpc) is 2.76. The molecule has 0 spiro atoms. The molecule has 1 fully saturated rings. The minimum Gasteiger partial charge on any atom is -0.302 e. The normalized spacial score (nSPS) is 18.7. The van der Waals surface area contributed by atoms with Crippen LogP contribution < -0.4 is 5.32 Å². The number of H-pyrrole nitrogens is 1. The lowest BCUT2D eigenvalue weighted by atomic mass is 10.3. The fourth-order valence-corrected chi connectivity index (χ4v) is 3.82. The molecular formula is C13H13Cl2N5OS2. The topological polar surface area (TPSA) is 75.6 Å². The van der Waals surface area contributed by atoms with Gasteiger partial charge < -0.3 is 5.32 Å². The van der Waals surface area contributed by atoms with E-state index in [1.54, 1.807) is 6.08 Å². The Balaban J connectivity index is 1.86. The van der Waals surface area contributed by atoms with Gasteiger partial charge >= 0.3 is 0 Å². The van der Waals surface area contributed by atoms with Gasteiger partial charge in [-0.15, -0.1) is 29.8 Å². The lowest BCUT2D eigenvalue weighted by Crippen LogP contribution is -2.16. The van der Waals surface area contributed by atoms with Gasteiger partial charge in [-0.2, -0.15) is 5.10 Å². The highest BCUT2D eigenvalue weighted by Gasteiger charge is 2.56. The van der Waals surface area contributed by atoms with Crippen molar-refractivity contribution in [2.45, 2.75) is 24.2 Å². The van der Waals surface area contributed by atoms with Gasteiger partial charge in [0.2, 0.25) is 5.91 Å². The van der Waals surface area contributed by atoms with Crippen molar-refractivity contribution in [1.29, 1.82) is 0 Å². The van der Waals surface area contributed by atoms with Crippen LogP contribution in [0.5, 0.6) is 0 Å². The van der Waals surface area contributed by atoms with Crippen LogP contribution in [0.1, 0.15) is 12.1 Å². The van der Waals surface area contributed by atoms with E-state index in [9.17, 15) is 4.79 Å². The molecule has 6 nitrogen and oxygen atoms in total. The van der Waals surface area contributed by atoms with E-state index in [0.717, 1.165) is 10.6 Å². The second-order valence-electron chi connectivity index (χ2n) is 5.19. The molecule has 2 aromatic heterocycles. The van der Waals surface area contributed by atoms with Gasteiger partial charge in [-0.05, 0) is 25.6 Å². The molecule has 1 aliphatic carbocycles. The van der Waals surface area contributed by atoms with Crippen LogP contribution in [0.2, 0.25) is 0 Å². The summed E-state index contributed by atoms with van der Waals surface area (Å²) in [4.78, 5) is 17.2. The summed E-state index contributed by atoms with van der Waals surface area (Å²) in [7, 11) is 0. The minimum absolute atomic E-state index is 0.222. The molecule has 122 valence electrons. The molecule has 2 heterocycles. The molecule has 1 saturated carbocycles. The molecule has 0 aliphatic heterocycles. The van der Waals surface area contributed by atoms with Crippen LogP contribution in [0.3, 0.4) is 0 Å². The molecule has 1 atom stereocenters. The second-order valence-corrected chi connectivity index (χ2v) is 8.12. The number of alkyl halides is 2. The molecule has 2 N–H and O–H groups in total. The number of nitrogens with zero attached hydrogens (tertiary/aromatic N) is 3. The third-order valence-corrected chi connectivity index (χ3v) is 5.66. The Morgan fingerprint density at radius 3 is 3.00 bits per heavy atom. The molecular weight excluding hydrogens is 377 g/mol. The Labute approximate surface area is 151 Å². The van der Waals surface area contributed by atoms with Crippen molar-refractivity contribution in [1.82, 2.24) is 19.7 Å². The molecule has 2 aromatic rings. The van der Waals surface area contributed by atoms with Crippen LogP contribution in [-0.2, 0) is 11.3 Å². The zero-order valence-electron chi connectivity index (χ0n) is 12.1. The highest BCUT2D eigenvalue weighted by Crippen LogP contribution is 2.53. The van der Waals surface area contributed by atoms with E-state index in [4.69, 9.17) is 35.4 Å². The third kappa shape index (κ3) is 3.21. The maximum atomic E-state index is 12.1. The molecule has 0 aromatic carbocycles. The molecule has 1 unspecified atom stereocenters. The Morgan fingerprint density at radius 2 is 2.39 bits per heavy atom. The summed E-state index contributed by atoms with van der Waals surface area (Å²) in [6, 6.07) is 0. The number of rotatable bonds is 5. The summed E-state index contributed by atoms with van der Waals surface area (Å²) < 4.78 is 1.37. The summed E-state index contributed by atoms with van der Waals surface area (Å²) in [5.41, 5.74) is 0.753. The van der Waals surface area contributed by atoms with E-state index in [1.807, 2.05) is 11.5 Å². The van der Waals surface area contributed by atoms with Crippen molar-refractivity contribution in [3.05, 3.63) is 23.1 Å². The summed E-state index contributed by atoms with van der Waals surface area (Å²) >= 11 is 18.4. The van der Waals surface area contributed by atoms with Crippen LogP contribution in [0.4, 0.5) is 5.13 Å². The van der Waals surface area contributed by atoms with Gasteiger partial charge in [0.15, 0.2) is 15.7 Å². The van der Waals surface area contributed by atoms with E-state index >= 15 is 0 Å². The van der Waals surface area contributed by atoms with Crippen molar-refractivity contribution < 1.29 is 4.79 Å². The predicted molar refractivity (Wildman–Crippen MR) is 94.6 cm³/mol. The first-order chi connectivity index (χ1) is 10.8. The van der Waals surface area contributed by atoms with Gasteiger partial charge in [-0.3, -0.25) is 14.5 Å². The number of hydrogen-bond donors (Lipinski definition) is 2. The minimum atomic E-state index is -0.953. The SMILES string of the molecule is C=CCn1c(-c2sc(NC(=O)C3CC3(Cl)Cl)nc2C)n[nH]c1=S. The van der Waals surface area contributed by atoms with E-state index in [1.165, 1.54) is 11.3 Å². The first-order valence-electron chi connectivity index (χ1n) is 6.76. The first-order valence-corrected chi connectivity index (χ1v) is 8.74. The van der Waals surface area contributed by atoms with E-state index in [-0.39, 0.29) is 5.91 Å². The number of thiazole rings is 1. The molecule has 1 amide bonds. The van der Waals surface area contributed by atoms with Crippen molar-refractivity contribution in [2.24, 2.45) is 5.92 Å². The number of aromatic nitrogens is 4. The van der Waals surface area contributed by atoms with Crippen molar-refractivity contribution in [3.8, 4) is 10.7 Å². The molecule has 1 aliphatic rings. The van der Waals surface area contributed by atoms with Gasteiger partial charge in [-0.1, -0.05) is 17.4 Å². The maximum absolute atomic E-state index is 12.1. The van der Waals surface area contributed by atoms with Gasteiger partial charge in [0.1, 0.15) is 4.33 Å². The van der Waals surface area contributed by atoms with Crippen LogP contribution >= 0.6 is 46.8 Å². The van der Waals surface area contributed by atoms with Gasteiger partial charge in [-0.25, -0.2) is 4.98 Å². The summed E-state index contributed by atoms with van der Waals surface area (Å²) in [6.45, 7) is 6.10. The largest absolute Gasteiger partial charge is 0.302 e. The fraction of sp³-hybridized carbons (Fsp3) is 0.385. The molecule has 23 heavy (non-hydrogen) atoms. The van der Waals surface area contributed by atoms with Crippen LogP contribution in [0, 0.1) is 17.6 Å². The quantitative estimate of drug-likeness (QED) is 0.464. The van der Waals surface area contributed by atoms with E-state index in [0.29, 0.717) is 28.7 Å². The second kappa shape index (κ2) is 6.01. The first kappa shape index (κ1) is 16.6. The van der Waals surface area contributed by atoms with Crippen LogP contribution in [0.15, 0.2) is 12.7 Å². The highest BCUT2D eigenvalue weighted by atomic mass is 35.5. The maximum Gasteiger partial charge on any atom is 0.232 e. The highest BCUT2D eigenvalue weighted by molar-refractivity contribution is 7.71. The van der Waals surface area contributed by atoms with E-state index < -0.39 is 10.3 Å². The number of aryl methyl sites for hydroxylation is 1. The standard InChI is InChI=1S/C13H13Cl2N5OS2/c1-3-4-20-9(18-19-12(20)22)8-6(2)16-11(23-8)17-10(21)7-5-13(7,14)15/h3,7H,1,4-5H2,2H3,(H,19,22)(H,16,17,21). The van der Waals surface area contributed by atoms with Crippen LogP contribution in [-0.4, -0.2) is 30.0 Å². The average molecular weight is 390 g/mol. The Hall–Kier alpha value is -1.22. The van der Waals surface area contributed by atoms with Gasteiger partial charge in [0.25, 0.3) is 0 Å². The molecule has 10 heteroatoms. The molecule has 0 bridgehead atoms. The van der Waals surface area contributed by atoms with Gasteiger partial charge in [0, 0.05) is 6.54 Å². The summed E-state index contributed by atoms with van der Waals surface area (Å²) in [6.07, 6.45) is 2.19. The predicted octanol–water partition coefficient (Wildman–Crippen LogP) is 3.69. The third-order valence-electron chi connectivity index (χ3n) is 3.44. The number of aromatic amines is 1. The number of amides is 1.